The Balaban J connectivity index is 0.000000217. The van der Waals surface area contributed by atoms with Crippen LogP contribution >= 0.6 is 0 Å². The van der Waals surface area contributed by atoms with E-state index >= 15 is 0 Å². The number of nitrogens with zero attached hydrogens (tertiary/aromatic N) is 3. The molecular weight excluding hydrogens is 186 g/mol. The minimum Gasteiger partial charge on any atom is -0.382 e. The summed E-state index contributed by atoms with van der Waals surface area (Å²) in [6, 6.07) is 1.58. The summed E-state index contributed by atoms with van der Waals surface area (Å²) in [6.45, 7) is 0. The predicted octanol–water partition coefficient (Wildman–Crippen LogP) is -1.80. The third-order valence-electron chi connectivity index (χ3n) is 0.524. The van der Waals surface area contributed by atoms with Gasteiger partial charge in [0, 0.05) is 6.07 Å². The maximum absolute atomic E-state index is 8.97. The molecule has 9 heteroatoms. The van der Waals surface area contributed by atoms with Gasteiger partial charge in [0.25, 0.3) is 0 Å². The van der Waals surface area contributed by atoms with Gasteiger partial charge in [-0.2, -0.15) is 8.42 Å². The predicted molar refractivity (Wildman–Crippen MR) is 40.0 cm³/mol. The Bertz CT molecular complexity index is 302. The van der Waals surface area contributed by atoms with Crippen LogP contribution in [0.3, 0.4) is 0 Å². The lowest BCUT2D eigenvalue weighted by Gasteiger charge is -1.80. The maximum Gasteiger partial charge on any atom is 0.330 e. The van der Waals surface area contributed by atoms with Gasteiger partial charge in [0.2, 0.25) is 0 Å². The Morgan fingerprint density at radius 1 is 1.50 bits per heavy atom. The molecule has 0 saturated carbocycles. The van der Waals surface area contributed by atoms with Crippen LogP contribution in [0.25, 0.3) is 0 Å². The molecule has 0 aromatic carbocycles. The molecule has 8 nitrogen and oxygen atoms in total. The van der Waals surface area contributed by atoms with Gasteiger partial charge < -0.3 is 5.73 Å². The highest BCUT2D eigenvalue weighted by molar-refractivity contribution is 7.83. The average Bonchev–Trinajstić information content (AvgIpc) is 1.85. The van der Waals surface area contributed by atoms with Crippen molar-refractivity contribution in [1.82, 2.24) is 15.4 Å². The first-order valence-electron chi connectivity index (χ1n) is 2.54. The van der Waals surface area contributed by atoms with Gasteiger partial charge in [0.05, 0.1) is 6.20 Å². The van der Waals surface area contributed by atoms with Gasteiger partial charge in [0.1, 0.15) is 5.82 Å². The van der Waals surface area contributed by atoms with Crippen LogP contribution in [0, 0.1) is 0 Å². The lowest BCUT2D eigenvalue weighted by atomic mass is 10.6. The lowest BCUT2D eigenvalue weighted by molar-refractivity contribution is 0.485. The van der Waals surface area contributed by atoms with Crippen molar-refractivity contribution in [2.45, 2.75) is 0 Å². The molecule has 0 aliphatic carbocycles. The van der Waals surface area contributed by atoms with Crippen LogP contribution in [-0.2, 0) is 10.3 Å². The number of hydrogen-bond donors (Lipinski definition) is 3. The highest BCUT2D eigenvalue weighted by atomic mass is 32.2. The van der Waals surface area contributed by atoms with Crippen molar-refractivity contribution in [3.8, 4) is 0 Å². The Labute approximate surface area is 68.5 Å². The molecule has 0 aliphatic rings. The van der Waals surface area contributed by atoms with Crippen molar-refractivity contribution in [3.05, 3.63) is 12.3 Å². The van der Waals surface area contributed by atoms with Crippen molar-refractivity contribution in [2.75, 3.05) is 5.73 Å². The Morgan fingerprint density at radius 3 is 2.17 bits per heavy atom. The number of aromatic nitrogens is 3. The summed E-state index contributed by atoms with van der Waals surface area (Å²) in [5.74, 6) is 0.398. The smallest absolute Gasteiger partial charge is 0.330 e. The molecule has 0 unspecified atom stereocenters. The van der Waals surface area contributed by atoms with Gasteiger partial charge in [0.15, 0.2) is 0 Å². The van der Waals surface area contributed by atoms with E-state index in [1.165, 1.54) is 6.20 Å². The number of anilines is 1. The fourth-order valence-corrected chi connectivity index (χ4v) is 0.250. The van der Waals surface area contributed by atoms with E-state index in [4.69, 9.17) is 18.7 Å². The highest BCUT2D eigenvalue weighted by Crippen LogP contribution is 1.83. The largest absolute Gasteiger partial charge is 0.382 e. The Kier molecular flexibility index (Phi) is 4.04. The molecule has 1 aromatic rings. The van der Waals surface area contributed by atoms with Crippen molar-refractivity contribution in [1.29, 1.82) is 0 Å². The summed E-state index contributed by atoms with van der Waals surface area (Å²) in [6.07, 6.45) is 1.49. The summed E-state index contributed by atoms with van der Waals surface area (Å²) in [4.78, 5) is 0. The molecule has 5 N–H and O–H groups in total. The van der Waals surface area contributed by atoms with Crippen LogP contribution in [0.4, 0.5) is 5.82 Å². The molecule has 0 saturated heterocycles. The summed E-state index contributed by atoms with van der Waals surface area (Å²) >= 11 is 0. The molecule has 12 heavy (non-hydrogen) atoms. The van der Waals surface area contributed by atoms with Crippen LogP contribution in [0.2, 0.25) is 0 Å². The van der Waals surface area contributed by atoms with Gasteiger partial charge in [-0.3, -0.25) is 4.55 Å². The van der Waals surface area contributed by atoms with E-state index in [1.54, 1.807) is 6.07 Å². The fourth-order valence-electron chi connectivity index (χ4n) is 0.250. The second kappa shape index (κ2) is 4.54. The lowest BCUT2D eigenvalue weighted by Crippen LogP contribution is -2.08. The van der Waals surface area contributed by atoms with Crippen LogP contribution in [-0.4, -0.2) is 28.4 Å². The van der Waals surface area contributed by atoms with Gasteiger partial charge >= 0.3 is 10.3 Å². The third kappa shape index (κ3) is 11.5. The zero-order chi connectivity index (χ0) is 9.61. The quantitative estimate of drug-likeness (QED) is 0.412. The van der Waals surface area contributed by atoms with Crippen LogP contribution < -0.4 is 10.9 Å². The van der Waals surface area contributed by atoms with Crippen molar-refractivity contribution in [3.63, 3.8) is 0 Å². The molecule has 0 fully saturated rings. The normalized spacial score (nSPS) is 9.83. The van der Waals surface area contributed by atoms with Crippen molar-refractivity contribution in [2.24, 2.45) is 5.14 Å². The molecular formula is C3H7N5O3S. The third-order valence-corrected chi connectivity index (χ3v) is 0.524. The highest BCUT2D eigenvalue weighted by Gasteiger charge is 1.81. The molecule has 0 spiro atoms. The maximum atomic E-state index is 8.97. The van der Waals surface area contributed by atoms with E-state index in [-0.39, 0.29) is 0 Å². The van der Waals surface area contributed by atoms with Gasteiger partial charge in [-0.05, 0) is 5.21 Å². The zero-order valence-electron chi connectivity index (χ0n) is 5.82. The number of nitrogens with two attached hydrogens (primary N) is 2. The van der Waals surface area contributed by atoms with E-state index < -0.39 is 10.3 Å². The minimum atomic E-state index is -4.17. The first-order valence-corrected chi connectivity index (χ1v) is 4.05. The number of nitrogen functional groups attached to an aromatic ring is 1. The SMILES string of the molecule is NS(=O)(=O)O.Nc1ccnnn1. The molecule has 68 valence electrons. The number of hydrogen-bond acceptors (Lipinski definition) is 6. The zero-order valence-corrected chi connectivity index (χ0v) is 6.64. The van der Waals surface area contributed by atoms with E-state index in [0.717, 1.165) is 0 Å². The molecule has 1 rings (SSSR count). The van der Waals surface area contributed by atoms with Crippen molar-refractivity contribution >= 4 is 16.1 Å². The van der Waals surface area contributed by atoms with Crippen LogP contribution in [0.1, 0.15) is 0 Å². The number of rotatable bonds is 0. The summed E-state index contributed by atoms with van der Waals surface area (Å²) < 4.78 is 25.2. The summed E-state index contributed by atoms with van der Waals surface area (Å²) in [5.41, 5.74) is 5.14. The van der Waals surface area contributed by atoms with Crippen molar-refractivity contribution < 1.29 is 13.0 Å². The van der Waals surface area contributed by atoms with E-state index in [1.807, 2.05) is 0 Å². The first kappa shape index (κ1) is 10.7. The first-order chi connectivity index (χ1) is 5.39. The Morgan fingerprint density at radius 2 is 2.00 bits per heavy atom. The van der Waals surface area contributed by atoms with E-state index in [9.17, 15) is 0 Å². The summed E-state index contributed by atoms with van der Waals surface area (Å²) in [7, 11) is -4.17. The Hall–Kier alpha value is -1.32. The average molecular weight is 193 g/mol. The summed E-state index contributed by atoms with van der Waals surface area (Å²) in [5, 5.41) is 13.9. The van der Waals surface area contributed by atoms with Gasteiger partial charge in [-0.1, -0.05) is 0 Å². The van der Waals surface area contributed by atoms with Crippen LogP contribution in [0.15, 0.2) is 12.3 Å². The fraction of sp³-hybridized carbons (Fsp3) is 0. The molecule has 1 heterocycles. The van der Waals surface area contributed by atoms with E-state index in [0.29, 0.717) is 5.82 Å². The van der Waals surface area contributed by atoms with Gasteiger partial charge in [-0.15, -0.1) is 10.2 Å². The molecule has 0 atom stereocenters. The second-order valence-electron chi connectivity index (χ2n) is 1.56. The van der Waals surface area contributed by atoms with Crippen LogP contribution in [0.5, 0.6) is 0 Å². The molecule has 0 bridgehead atoms. The van der Waals surface area contributed by atoms with Gasteiger partial charge in [-0.25, -0.2) is 5.14 Å². The minimum absolute atomic E-state index is 0.398. The molecule has 0 aliphatic heterocycles. The molecule has 0 amide bonds. The monoisotopic (exact) mass is 193 g/mol. The molecule has 1 aromatic heterocycles. The molecule has 0 radical (unpaired) electrons. The second-order valence-corrected chi connectivity index (χ2v) is 2.59. The topological polar surface area (TPSA) is 145 Å². The standard InChI is InChI=1S/C3H4N4.H3NO3S/c4-3-1-2-5-7-6-3;1-5(2,3)4/h1-2H,(H2,4,5,6);(H3,1,2,3,4). The van der Waals surface area contributed by atoms with E-state index in [2.05, 4.69) is 20.5 Å².